The van der Waals surface area contributed by atoms with E-state index >= 15 is 0 Å². The van der Waals surface area contributed by atoms with Crippen molar-refractivity contribution in [1.82, 2.24) is 9.55 Å². The molecule has 4 nitrogen and oxygen atoms in total. The molecule has 2 aromatic carbocycles. The van der Waals surface area contributed by atoms with E-state index in [1.165, 1.54) is 4.57 Å². The van der Waals surface area contributed by atoms with Gasteiger partial charge in [-0.25, -0.2) is 13.8 Å². The molecule has 0 saturated heterocycles. The second kappa shape index (κ2) is 6.52. The maximum atomic E-state index is 13.6. The topological polar surface area (TPSA) is 52.0 Å². The molecule has 7 heteroatoms. The summed E-state index contributed by atoms with van der Waals surface area (Å²) in [5.74, 6) is -2.25. The average molecular weight is 346 g/mol. The molecule has 0 bridgehead atoms. The van der Waals surface area contributed by atoms with E-state index in [0.717, 1.165) is 23.9 Å². The van der Waals surface area contributed by atoms with Crippen molar-refractivity contribution >= 4 is 28.4 Å². The number of rotatable bonds is 4. The van der Waals surface area contributed by atoms with Crippen LogP contribution >= 0.6 is 11.8 Å². The number of thioether (sulfide) groups is 1. The Morgan fingerprint density at radius 3 is 2.71 bits per heavy atom. The lowest BCUT2D eigenvalue weighted by atomic mass is 10.1. The van der Waals surface area contributed by atoms with Crippen molar-refractivity contribution in [3.8, 4) is 0 Å². The van der Waals surface area contributed by atoms with Gasteiger partial charge in [0.1, 0.15) is 11.6 Å². The van der Waals surface area contributed by atoms with Gasteiger partial charge in [-0.1, -0.05) is 23.9 Å². The first-order valence-corrected chi connectivity index (χ1v) is 8.03. The molecule has 1 heterocycles. The number of Topliss-reactive ketones (excluding diaryl/α,β-unsaturated/α-hetero) is 1. The summed E-state index contributed by atoms with van der Waals surface area (Å²) < 4.78 is 27.9. The highest BCUT2D eigenvalue weighted by molar-refractivity contribution is 7.99. The average Bonchev–Trinajstić information content (AvgIpc) is 2.56. The number of carbonyl (C=O) groups is 1. The van der Waals surface area contributed by atoms with Crippen molar-refractivity contribution in [2.45, 2.75) is 5.16 Å². The number of fused-ring (bicyclic) bond motifs is 1. The molecule has 0 atom stereocenters. The first-order valence-electron chi connectivity index (χ1n) is 7.04. The van der Waals surface area contributed by atoms with Gasteiger partial charge in [0, 0.05) is 13.1 Å². The smallest absolute Gasteiger partial charge is 0.261 e. The third kappa shape index (κ3) is 3.07. The Morgan fingerprint density at radius 2 is 1.96 bits per heavy atom. The number of aromatic nitrogens is 2. The summed E-state index contributed by atoms with van der Waals surface area (Å²) in [4.78, 5) is 28.7. The van der Waals surface area contributed by atoms with Crippen LogP contribution < -0.4 is 5.56 Å². The zero-order valence-corrected chi connectivity index (χ0v) is 13.4. The quantitative estimate of drug-likeness (QED) is 0.414. The molecular weight excluding hydrogens is 334 g/mol. The second-order valence-corrected chi connectivity index (χ2v) is 6.05. The molecule has 0 spiro atoms. The van der Waals surface area contributed by atoms with Gasteiger partial charge in [-0.3, -0.25) is 14.2 Å². The molecule has 3 rings (SSSR count). The first-order chi connectivity index (χ1) is 11.5. The van der Waals surface area contributed by atoms with E-state index in [2.05, 4.69) is 4.98 Å². The molecule has 0 N–H and O–H groups in total. The highest BCUT2D eigenvalue weighted by Gasteiger charge is 2.15. The Kier molecular flexibility index (Phi) is 4.44. The summed E-state index contributed by atoms with van der Waals surface area (Å²) in [6.07, 6.45) is 0. The molecule has 3 aromatic rings. The van der Waals surface area contributed by atoms with Crippen molar-refractivity contribution in [3.63, 3.8) is 0 Å². The SMILES string of the molecule is Cn1c(SCC(=O)c2ccc(F)cc2F)nc2ccccc2c1=O. The third-order valence-electron chi connectivity index (χ3n) is 3.51. The monoisotopic (exact) mass is 346 g/mol. The largest absolute Gasteiger partial charge is 0.293 e. The lowest BCUT2D eigenvalue weighted by Gasteiger charge is -2.08. The lowest BCUT2D eigenvalue weighted by molar-refractivity contribution is 0.101. The Labute approximate surface area is 140 Å². The number of halogens is 2. The second-order valence-electron chi connectivity index (χ2n) is 5.11. The normalized spacial score (nSPS) is 11.0. The fraction of sp³-hybridized carbons (Fsp3) is 0.118. The third-order valence-corrected chi connectivity index (χ3v) is 4.54. The van der Waals surface area contributed by atoms with Crippen LogP contribution in [-0.4, -0.2) is 21.1 Å². The van der Waals surface area contributed by atoms with Gasteiger partial charge in [-0.05, 0) is 24.3 Å². The number of hydrogen-bond donors (Lipinski definition) is 0. The number of nitrogens with zero attached hydrogens (tertiary/aromatic N) is 2. The van der Waals surface area contributed by atoms with E-state index in [4.69, 9.17) is 0 Å². The molecule has 0 saturated carbocycles. The zero-order chi connectivity index (χ0) is 17.3. The van der Waals surface area contributed by atoms with E-state index < -0.39 is 17.4 Å². The van der Waals surface area contributed by atoms with Crippen LogP contribution in [0.2, 0.25) is 0 Å². The van der Waals surface area contributed by atoms with Gasteiger partial charge in [0.05, 0.1) is 22.2 Å². The molecule has 0 unspecified atom stereocenters. The minimum absolute atomic E-state index is 0.110. The van der Waals surface area contributed by atoms with E-state index in [-0.39, 0.29) is 16.9 Å². The molecule has 0 amide bonds. The Morgan fingerprint density at radius 1 is 1.21 bits per heavy atom. The lowest BCUT2D eigenvalue weighted by Crippen LogP contribution is -2.20. The number of benzene rings is 2. The number of carbonyl (C=O) groups excluding carboxylic acids is 1. The molecule has 0 aliphatic rings. The van der Waals surface area contributed by atoms with Crippen molar-refractivity contribution in [2.75, 3.05) is 5.75 Å². The molecule has 0 aliphatic carbocycles. The summed E-state index contributed by atoms with van der Waals surface area (Å²) in [6.45, 7) is 0. The maximum absolute atomic E-state index is 13.6. The van der Waals surface area contributed by atoms with Gasteiger partial charge in [-0.2, -0.15) is 0 Å². The highest BCUT2D eigenvalue weighted by atomic mass is 32.2. The fourth-order valence-electron chi connectivity index (χ4n) is 2.25. The molecule has 0 fully saturated rings. The minimum atomic E-state index is -0.902. The number of para-hydroxylation sites is 1. The summed E-state index contributed by atoms with van der Waals surface area (Å²) in [6, 6.07) is 9.72. The van der Waals surface area contributed by atoms with Crippen LogP contribution in [0.5, 0.6) is 0 Å². The molecule has 1 aromatic heterocycles. The maximum Gasteiger partial charge on any atom is 0.261 e. The fourth-order valence-corrected chi connectivity index (χ4v) is 3.11. The zero-order valence-electron chi connectivity index (χ0n) is 12.6. The number of ketones is 1. The van der Waals surface area contributed by atoms with Crippen LogP contribution in [0, 0.1) is 11.6 Å². The Balaban J connectivity index is 1.87. The van der Waals surface area contributed by atoms with Gasteiger partial charge in [0.25, 0.3) is 5.56 Å². The summed E-state index contributed by atoms with van der Waals surface area (Å²) >= 11 is 1.03. The van der Waals surface area contributed by atoms with E-state index in [0.29, 0.717) is 22.1 Å². The van der Waals surface area contributed by atoms with E-state index in [1.54, 1.807) is 31.3 Å². The van der Waals surface area contributed by atoms with Crippen molar-refractivity contribution in [1.29, 1.82) is 0 Å². The van der Waals surface area contributed by atoms with Gasteiger partial charge in [0.2, 0.25) is 0 Å². The van der Waals surface area contributed by atoms with Crippen LogP contribution in [0.1, 0.15) is 10.4 Å². The van der Waals surface area contributed by atoms with Crippen molar-refractivity contribution in [3.05, 3.63) is 70.0 Å². The summed E-state index contributed by atoms with van der Waals surface area (Å²) in [5, 5.41) is 0.842. The number of hydrogen-bond acceptors (Lipinski definition) is 4. The van der Waals surface area contributed by atoms with Gasteiger partial charge in [0.15, 0.2) is 10.9 Å². The summed E-state index contributed by atoms with van der Waals surface area (Å²) in [5.41, 5.74) is 0.127. The molecule has 122 valence electrons. The Hall–Kier alpha value is -2.54. The first kappa shape index (κ1) is 16.3. The predicted molar refractivity (Wildman–Crippen MR) is 88.4 cm³/mol. The summed E-state index contributed by atoms with van der Waals surface area (Å²) in [7, 11) is 1.56. The van der Waals surface area contributed by atoms with Crippen molar-refractivity contribution in [2.24, 2.45) is 7.05 Å². The minimum Gasteiger partial charge on any atom is -0.293 e. The van der Waals surface area contributed by atoms with E-state index in [9.17, 15) is 18.4 Å². The Bertz CT molecular complexity index is 1000. The van der Waals surface area contributed by atoms with Gasteiger partial charge < -0.3 is 0 Å². The van der Waals surface area contributed by atoms with Crippen molar-refractivity contribution < 1.29 is 13.6 Å². The van der Waals surface area contributed by atoms with Crippen LogP contribution in [-0.2, 0) is 7.05 Å². The molecule has 0 radical (unpaired) electrons. The predicted octanol–water partition coefficient (Wildman–Crippen LogP) is 3.19. The molecule has 0 aliphatic heterocycles. The van der Waals surface area contributed by atoms with E-state index in [1.807, 2.05) is 0 Å². The van der Waals surface area contributed by atoms with Crippen LogP contribution in [0.15, 0.2) is 52.4 Å². The molecular formula is C17H12F2N2O2S. The molecule has 24 heavy (non-hydrogen) atoms. The standard InChI is InChI=1S/C17H12F2N2O2S/c1-21-16(23)12-4-2-3-5-14(12)20-17(21)24-9-15(22)11-7-6-10(18)8-13(11)19/h2-8H,9H2,1H3. The highest BCUT2D eigenvalue weighted by Crippen LogP contribution is 2.19. The van der Waals surface area contributed by atoms with Gasteiger partial charge in [-0.15, -0.1) is 0 Å². The van der Waals surface area contributed by atoms with Crippen LogP contribution in [0.3, 0.4) is 0 Å². The van der Waals surface area contributed by atoms with Crippen LogP contribution in [0.25, 0.3) is 10.9 Å². The van der Waals surface area contributed by atoms with Gasteiger partial charge >= 0.3 is 0 Å². The van der Waals surface area contributed by atoms with Crippen LogP contribution in [0.4, 0.5) is 8.78 Å².